The summed E-state index contributed by atoms with van der Waals surface area (Å²) in [4.78, 5) is 26.0. The van der Waals surface area contributed by atoms with Crippen molar-refractivity contribution in [2.75, 3.05) is 33.9 Å². The minimum Gasteiger partial charge on any atom is -0.497 e. The fourth-order valence-corrected chi connectivity index (χ4v) is 2.66. The number of rotatable bonds is 8. The SMILES string of the molecule is COCCCNC(=O)[C@@H]1CC(=O)N(Cc2cccc(OC)c2)C1. The zero-order valence-electron chi connectivity index (χ0n) is 13.7. The number of likely N-dealkylation sites (tertiary alicyclic amines) is 1. The molecule has 1 aliphatic rings. The number of methoxy groups -OCH3 is 2. The summed E-state index contributed by atoms with van der Waals surface area (Å²) in [6.45, 7) is 2.16. The van der Waals surface area contributed by atoms with Gasteiger partial charge in [0.25, 0.3) is 0 Å². The molecule has 1 aromatic carbocycles. The van der Waals surface area contributed by atoms with Gasteiger partial charge >= 0.3 is 0 Å². The molecule has 0 aromatic heterocycles. The van der Waals surface area contributed by atoms with Crippen LogP contribution < -0.4 is 10.1 Å². The van der Waals surface area contributed by atoms with Crippen LogP contribution in [0.4, 0.5) is 0 Å². The third kappa shape index (κ3) is 4.96. The maximum Gasteiger partial charge on any atom is 0.225 e. The number of benzene rings is 1. The van der Waals surface area contributed by atoms with Gasteiger partial charge in [-0.15, -0.1) is 0 Å². The van der Waals surface area contributed by atoms with Gasteiger partial charge < -0.3 is 19.7 Å². The normalized spacial score (nSPS) is 17.4. The first kappa shape index (κ1) is 17.3. The first-order valence-corrected chi connectivity index (χ1v) is 7.81. The molecule has 0 saturated carbocycles. The van der Waals surface area contributed by atoms with Gasteiger partial charge in [0.2, 0.25) is 11.8 Å². The van der Waals surface area contributed by atoms with Crippen LogP contribution in [-0.4, -0.2) is 50.6 Å². The van der Waals surface area contributed by atoms with Gasteiger partial charge in [-0.05, 0) is 24.1 Å². The second kappa shape index (κ2) is 8.53. The van der Waals surface area contributed by atoms with Crippen LogP contribution in [0.5, 0.6) is 5.75 Å². The second-order valence-electron chi connectivity index (χ2n) is 5.66. The highest BCUT2D eigenvalue weighted by atomic mass is 16.5. The molecule has 0 unspecified atom stereocenters. The van der Waals surface area contributed by atoms with Crippen LogP contribution in [0.25, 0.3) is 0 Å². The van der Waals surface area contributed by atoms with Crippen molar-refractivity contribution >= 4 is 11.8 Å². The molecule has 1 fully saturated rings. The van der Waals surface area contributed by atoms with E-state index in [1.54, 1.807) is 19.1 Å². The van der Waals surface area contributed by atoms with E-state index in [1.807, 2.05) is 24.3 Å². The fourth-order valence-electron chi connectivity index (χ4n) is 2.66. The number of carbonyl (C=O) groups excluding carboxylic acids is 2. The van der Waals surface area contributed by atoms with Gasteiger partial charge in [-0.2, -0.15) is 0 Å². The number of nitrogens with zero attached hydrogens (tertiary/aromatic N) is 1. The lowest BCUT2D eigenvalue weighted by molar-refractivity contribution is -0.129. The Bertz CT molecular complexity index is 547. The van der Waals surface area contributed by atoms with Crippen LogP contribution >= 0.6 is 0 Å². The van der Waals surface area contributed by atoms with Gasteiger partial charge in [-0.1, -0.05) is 12.1 Å². The summed E-state index contributed by atoms with van der Waals surface area (Å²) >= 11 is 0. The smallest absolute Gasteiger partial charge is 0.225 e. The molecule has 0 aliphatic carbocycles. The maximum atomic E-state index is 12.1. The summed E-state index contributed by atoms with van der Waals surface area (Å²) in [5.74, 6) is 0.463. The number of amides is 2. The molecule has 1 heterocycles. The minimum absolute atomic E-state index is 0.0184. The average Bonchev–Trinajstić information content (AvgIpc) is 2.92. The van der Waals surface area contributed by atoms with Gasteiger partial charge in [-0.25, -0.2) is 0 Å². The molecule has 1 N–H and O–H groups in total. The van der Waals surface area contributed by atoms with Crippen LogP contribution in [0.3, 0.4) is 0 Å². The van der Waals surface area contributed by atoms with Crippen molar-refractivity contribution < 1.29 is 19.1 Å². The van der Waals surface area contributed by atoms with E-state index in [0.717, 1.165) is 17.7 Å². The molecule has 0 radical (unpaired) electrons. The molecular weight excluding hydrogens is 296 g/mol. The van der Waals surface area contributed by atoms with E-state index in [9.17, 15) is 9.59 Å². The molecule has 23 heavy (non-hydrogen) atoms. The molecule has 1 saturated heterocycles. The zero-order valence-corrected chi connectivity index (χ0v) is 13.7. The van der Waals surface area contributed by atoms with E-state index in [4.69, 9.17) is 9.47 Å². The van der Waals surface area contributed by atoms with E-state index >= 15 is 0 Å². The topological polar surface area (TPSA) is 67.9 Å². The van der Waals surface area contributed by atoms with Gasteiger partial charge in [0.1, 0.15) is 5.75 Å². The predicted octanol–water partition coefficient (Wildman–Crippen LogP) is 1.20. The standard InChI is InChI=1S/C17H24N2O4/c1-22-8-4-7-18-17(21)14-10-16(20)19(12-14)11-13-5-3-6-15(9-13)23-2/h3,5-6,9,14H,4,7-8,10-12H2,1-2H3,(H,18,21)/t14-/m1/s1. The quantitative estimate of drug-likeness (QED) is 0.731. The Morgan fingerprint density at radius 1 is 1.39 bits per heavy atom. The molecule has 0 spiro atoms. The van der Waals surface area contributed by atoms with Crippen LogP contribution in [0.2, 0.25) is 0 Å². The Hall–Kier alpha value is -2.08. The van der Waals surface area contributed by atoms with Crippen LogP contribution in [0, 0.1) is 5.92 Å². The second-order valence-corrected chi connectivity index (χ2v) is 5.66. The monoisotopic (exact) mass is 320 g/mol. The lowest BCUT2D eigenvalue weighted by atomic mass is 10.1. The highest BCUT2D eigenvalue weighted by Crippen LogP contribution is 2.22. The molecular formula is C17H24N2O4. The zero-order chi connectivity index (χ0) is 16.7. The molecule has 1 aromatic rings. The predicted molar refractivity (Wildman–Crippen MR) is 86.0 cm³/mol. The van der Waals surface area contributed by atoms with Gasteiger partial charge in [0.05, 0.1) is 13.0 Å². The Morgan fingerprint density at radius 3 is 2.96 bits per heavy atom. The van der Waals surface area contributed by atoms with Crippen LogP contribution in [0.15, 0.2) is 24.3 Å². The summed E-state index contributed by atoms with van der Waals surface area (Å²) < 4.78 is 10.1. The lowest BCUT2D eigenvalue weighted by Gasteiger charge is -2.17. The molecule has 2 rings (SSSR count). The molecule has 1 atom stereocenters. The third-order valence-electron chi connectivity index (χ3n) is 3.92. The van der Waals surface area contributed by atoms with Crippen LogP contribution in [0.1, 0.15) is 18.4 Å². The molecule has 0 bridgehead atoms. The summed E-state index contributed by atoms with van der Waals surface area (Å²) in [5, 5.41) is 2.86. The minimum atomic E-state index is -0.268. The highest BCUT2D eigenvalue weighted by molar-refractivity contribution is 5.89. The van der Waals surface area contributed by atoms with E-state index in [1.165, 1.54) is 0 Å². The fraction of sp³-hybridized carbons (Fsp3) is 0.529. The molecule has 6 heteroatoms. The lowest BCUT2D eigenvalue weighted by Crippen LogP contribution is -2.33. The molecule has 126 valence electrons. The van der Waals surface area contributed by atoms with Crippen molar-refractivity contribution in [1.29, 1.82) is 0 Å². The Balaban J connectivity index is 1.85. The van der Waals surface area contributed by atoms with Gasteiger partial charge in [0.15, 0.2) is 0 Å². The Morgan fingerprint density at radius 2 is 2.22 bits per heavy atom. The number of hydrogen-bond acceptors (Lipinski definition) is 4. The number of ether oxygens (including phenoxy) is 2. The van der Waals surface area contributed by atoms with E-state index in [-0.39, 0.29) is 24.2 Å². The van der Waals surface area contributed by atoms with Crippen molar-refractivity contribution in [1.82, 2.24) is 10.2 Å². The van der Waals surface area contributed by atoms with Crippen LogP contribution in [-0.2, 0) is 20.9 Å². The summed E-state index contributed by atoms with van der Waals surface area (Å²) in [5.41, 5.74) is 0.999. The number of nitrogens with one attached hydrogen (secondary N) is 1. The summed E-state index contributed by atoms with van der Waals surface area (Å²) in [6.07, 6.45) is 1.05. The van der Waals surface area contributed by atoms with E-state index < -0.39 is 0 Å². The van der Waals surface area contributed by atoms with Crippen molar-refractivity contribution in [2.24, 2.45) is 5.92 Å². The number of hydrogen-bond donors (Lipinski definition) is 1. The highest BCUT2D eigenvalue weighted by Gasteiger charge is 2.33. The van der Waals surface area contributed by atoms with Crippen molar-refractivity contribution in [3.8, 4) is 5.75 Å². The van der Waals surface area contributed by atoms with E-state index in [2.05, 4.69) is 5.32 Å². The third-order valence-corrected chi connectivity index (χ3v) is 3.92. The number of carbonyl (C=O) groups is 2. The maximum absolute atomic E-state index is 12.1. The van der Waals surface area contributed by atoms with Crippen molar-refractivity contribution in [2.45, 2.75) is 19.4 Å². The first-order valence-electron chi connectivity index (χ1n) is 7.81. The van der Waals surface area contributed by atoms with Gasteiger partial charge in [0, 0.05) is 39.8 Å². The molecule has 6 nitrogen and oxygen atoms in total. The molecule has 1 aliphatic heterocycles. The van der Waals surface area contributed by atoms with Crippen molar-refractivity contribution in [3.05, 3.63) is 29.8 Å². The Kier molecular flexibility index (Phi) is 6.40. The first-order chi connectivity index (χ1) is 11.1. The summed E-state index contributed by atoms with van der Waals surface area (Å²) in [6, 6.07) is 7.62. The average molecular weight is 320 g/mol. The van der Waals surface area contributed by atoms with E-state index in [0.29, 0.717) is 26.2 Å². The largest absolute Gasteiger partial charge is 0.497 e. The molecule has 2 amide bonds. The Labute approximate surface area is 136 Å². The van der Waals surface area contributed by atoms with Crippen molar-refractivity contribution in [3.63, 3.8) is 0 Å². The van der Waals surface area contributed by atoms with Gasteiger partial charge in [-0.3, -0.25) is 9.59 Å². The summed E-state index contributed by atoms with van der Waals surface area (Å²) in [7, 11) is 3.25.